The smallest absolute Gasteiger partial charge is 0.239 e. The number of hydrogen-bond donors (Lipinski definition) is 2. The molecule has 0 radical (unpaired) electrons. The van der Waals surface area contributed by atoms with E-state index >= 15 is 0 Å². The first-order valence-corrected chi connectivity index (χ1v) is 9.75. The molecule has 0 aliphatic carbocycles. The Balaban J connectivity index is 1.55. The standard InChI is InChI=1S/C17H15N5O3S2/c1-9(15(23)20-17-22-21-10(2)27-17)26-16-18-13(11-5-3-7-24-11)14(19-16)12-6-4-8-25-12/h3-9H,1-2H3,(H,18,19)(H,20,22,23). The van der Waals surface area contributed by atoms with Crippen LogP contribution in [0.5, 0.6) is 0 Å². The highest BCUT2D eigenvalue weighted by Crippen LogP contribution is 2.34. The van der Waals surface area contributed by atoms with Crippen LogP contribution in [0.1, 0.15) is 11.9 Å². The number of hydrogen-bond acceptors (Lipinski definition) is 8. The third-order valence-corrected chi connectivity index (χ3v) is 5.36. The summed E-state index contributed by atoms with van der Waals surface area (Å²) in [5.41, 5.74) is 1.33. The zero-order valence-corrected chi connectivity index (χ0v) is 16.1. The number of anilines is 1. The third-order valence-electron chi connectivity index (χ3n) is 3.62. The van der Waals surface area contributed by atoms with Crippen LogP contribution in [0.15, 0.2) is 50.8 Å². The number of amides is 1. The maximum Gasteiger partial charge on any atom is 0.239 e. The summed E-state index contributed by atoms with van der Waals surface area (Å²) in [6.45, 7) is 3.64. The van der Waals surface area contributed by atoms with Crippen molar-refractivity contribution in [3.05, 3.63) is 41.8 Å². The Hall–Kier alpha value is -2.85. The highest BCUT2D eigenvalue weighted by molar-refractivity contribution is 8.00. The molecule has 1 unspecified atom stereocenters. The van der Waals surface area contributed by atoms with Gasteiger partial charge in [-0.05, 0) is 38.1 Å². The number of furan rings is 2. The first kappa shape index (κ1) is 17.6. The van der Waals surface area contributed by atoms with Gasteiger partial charge >= 0.3 is 0 Å². The quantitative estimate of drug-likeness (QED) is 0.466. The van der Waals surface area contributed by atoms with Crippen LogP contribution in [0, 0.1) is 6.92 Å². The van der Waals surface area contributed by atoms with E-state index in [9.17, 15) is 4.79 Å². The monoisotopic (exact) mass is 401 g/mol. The van der Waals surface area contributed by atoms with Gasteiger partial charge in [0.15, 0.2) is 16.7 Å². The third kappa shape index (κ3) is 3.81. The summed E-state index contributed by atoms with van der Waals surface area (Å²) in [6, 6.07) is 7.26. The summed E-state index contributed by atoms with van der Waals surface area (Å²) in [4.78, 5) is 20.2. The minimum atomic E-state index is -0.394. The maximum absolute atomic E-state index is 12.4. The number of aromatic nitrogens is 4. The summed E-state index contributed by atoms with van der Waals surface area (Å²) in [7, 11) is 0. The van der Waals surface area contributed by atoms with E-state index in [4.69, 9.17) is 8.83 Å². The van der Waals surface area contributed by atoms with Gasteiger partial charge in [0.1, 0.15) is 16.4 Å². The van der Waals surface area contributed by atoms with Gasteiger partial charge in [0.05, 0.1) is 17.8 Å². The molecule has 0 spiro atoms. The van der Waals surface area contributed by atoms with Crippen molar-refractivity contribution in [2.45, 2.75) is 24.3 Å². The highest BCUT2D eigenvalue weighted by Gasteiger charge is 2.22. The summed E-state index contributed by atoms with van der Waals surface area (Å²) in [5.74, 6) is 1.08. The lowest BCUT2D eigenvalue weighted by atomic mass is 10.2. The average Bonchev–Trinajstić information content (AvgIpc) is 3.42. The fourth-order valence-corrected chi connectivity index (χ4v) is 3.77. The van der Waals surface area contributed by atoms with Crippen LogP contribution in [0.2, 0.25) is 0 Å². The number of thioether (sulfide) groups is 1. The van der Waals surface area contributed by atoms with Gasteiger partial charge < -0.3 is 13.8 Å². The molecule has 1 atom stereocenters. The molecule has 138 valence electrons. The van der Waals surface area contributed by atoms with Crippen molar-refractivity contribution in [2.24, 2.45) is 0 Å². The molecule has 0 saturated carbocycles. The number of carbonyl (C=O) groups is 1. The molecule has 10 heteroatoms. The van der Waals surface area contributed by atoms with E-state index < -0.39 is 5.25 Å². The Morgan fingerprint density at radius 2 is 1.96 bits per heavy atom. The van der Waals surface area contributed by atoms with E-state index in [1.54, 1.807) is 31.6 Å². The van der Waals surface area contributed by atoms with Crippen molar-refractivity contribution in [2.75, 3.05) is 5.32 Å². The molecule has 0 saturated heterocycles. The summed E-state index contributed by atoms with van der Waals surface area (Å²) >= 11 is 2.63. The van der Waals surface area contributed by atoms with Crippen molar-refractivity contribution < 1.29 is 13.6 Å². The fourth-order valence-electron chi connectivity index (χ4n) is 2.37. The van der Waals surface area contributed by atoms with Gasteiger partial charge in [0, 0.05) is 0 Å². The molecule has 2 N–H and O–H groups in total. The lowest BCUT2D eigenvalue weighted by Gasteiger charge is -2.07. The van der Waals surface area contributed by atoms with Crippen LogP contribution >= 0.6 is 23.1 Å². The largest absolute Gasteiger partial charge is 0.463 e. The SMILES string of the molecule is Cc1nnc(NC(=O)C(C)Sc2nc(-c3ccco3)c(-c3ccco3)[nH]2)s1. The van der Waals surface area contributed by atoms with Gasteiger partial charge in [-0.1, -0.05) is 23.1 Å². The molecule has 4 aromatic heterocycles. The lowest BCUT2D eigenvalue weighted by molar-refractivity contribution is -0.115. The van der Waals surface area contributed by atoms with E-state index in [0.717, 1.165) is 5.01 Å². The first-order valence-electron chi connectivity index (χ1n) is 8.05. The molecule has 0 aromatic carbocycles. The first-order chi connectivity index (χ1) is 13.1. The van der Waals surface area contributed by atoms with Crippen LogP contribution in [-0.4, -0.2) is 31.3 Å². The Morgan fingerprint density at radius 3 is 2.59 bits per heavy atom. The minimum absolute atomic E-state index is 0.174. The van der Waals surface area contributed by atoms with Gasteiger partial charge in [-0.25, -0.2) is 4.98 Å². The van der Waals surface area contributed by atoms with Crippen LogP contribution in [-0.2, 0) is 4.79 Å². The van der Waals surface area contributed by atoms with Crippen LogP contribution in [0.25, 0.3) is 22.9 Å². The topological polar surface area (TPSA) is 110 Å². The van der Waals surface area contributed by atoms with Gasteiger partial charge in [0.25, 0.3) is 0 Å². The number of aryl methyl sites for hydroxylation is 1. The van der Waals surface area contributed by atoms with Crippen molar-refractivity contribution in [3.8, 4) is 22.9 Å². The van der Waals surface area contributed by atoms with E-state index in [2.05, 4.69) is 25.5 Å². The Bertz CT molecular complexity index is 985. The predicted octanol–water partition coefficient (Wildman–Crippen LogP) is 4.21. The van der Waals surface area contributed by atoms with Gasteiger partial charge in [0.2, 0.25) is 11.0 Å². The molecule has 4 aromatic rings. The molecule has 27 heavy (non-hydrogen) atoms. The molecule has 0 bridgehead atoms. The maximum atomic E-state index is 12.4. The number of rotatable bonds is 6. The Labute approximate surface area is 162 Å². The number of aromatic amines is 1. The van der Waals surface area contributed by atoms with E-state index in [-0.39, 0.29) is 5.91 Å². The molecule has 0 aliphatic heterocycles. The highest BCUT2D eigenvalue weighted by atomic mass is 32.2. The van der Waals surface area contributed by atoms with Crippen LogP contribution in [0.4, 0.5) is 5.13 Å². The van der Waals surface area contributed by atoms with Gasteiger partial charge in [-0.2, -0.15) is 0 Å². The Kier molecular flexibility index (Phi) is 4.82. The lowest BCUT2D eigenvalue weighted by Crippen LogP contribution is -2.22. The van der Waals surface area contributed by atoms with E-state index in [1.165, 1.54) is 23.1 Å². The minimum Gasteiger partial charge on any atom is -0.463 e. The van der Waals surface area contributed by atoms with Crippen LogP contribution in [0.3, 0.4) is 0 Å². The number of H-pyrrole nitrogens is 1. The summed E-state index contributed by atoms with van der Waals surface area (Å²) in [6.07, 6.45) is 3.18. The zero-order valence-electron chi connectivity index (χ0n) is 14.4. The zero-order chi connectivity index (χ0) is 18.8. The molecule has 4 heterocycles. The molecule has 1 amide bonds. The number of nitrogens with one attached hydrogen (secondary N) is 2. The molecular formula is C17H15N5O3S2. The van der Waals surface area contributed by atoms with Crippen molar-refractivity contribution in [1.29, 1.82) is 0 Å². The summed E-state index contributed by atoms with van der Waals surface area (Å²) < 4.78 is 11.0. The molecule has 0 fully saturated rings. The fraction of sp³-hybridized carbons (Fsp3) is 0.176. The van der Waals surface area contributed by atoms with Crippen LogP contribution < -0.4 is 5.32 Å². The molecule has 4 rings (SSSR count). The van der Waals surface area contributed by atoms with E-state index in [1.807, 2.05) is 19.1 Å². The summed E-state index contributed by atoms with van der Waals surface area (Å²) in [5, 5.41) is 12.0. The van der Waals surface area contributed by atoms with E-state index in [0.29, 0.717) is 33.2 Å². The second-order valence-corrected chi connectivity index (χ2v) is 8.11. The van der Waals surface area contributed by atoms with Crippen molar-refractivity contribution in [1.82, 2.24) is 20.2 Å². The molecular weight excluding hydrogens is 386 g/mol. The number of nitrogens with zero attached hydrogens (tertiary/aromatic N) is 3. The Morgan fingerprint density at radius 1 is 1.22 bits per heavy atom. The predicted molar refractivity (Wildman–Crippen MR) is 103 cm³/mol. The molecule has 0 aliphatic rings. The van der Waals surface area contributed by atoms with Crippen molar-refractivity contribution >= 4 is 34.1 Å². The average molecular weight is 401 g/mol. The number of imidazole rings is 1. The van der Waals surface area contributed by atoms with Crippen molar-refractivity contribution in [3.63, 3.8) is 0 Å². The van der Waals surface area contributed by atoms with Gasteiger partial charge in [-0.15, -0.1) is 10.2 Å². The number of carbonyl (C=O) groups excluding carboxylic acids is 1. The molecule has 8 nitrogen and oxygen atoms in total. The normalized spacial score (nSPS) is 12.2. The van der Waals surface area contributed by atoms with Gasteiger partial charge in [-0.3, -0.25) is 10.1 Å². The second kappa shape index (κ2) is 7.41. The second-order valence-electron chi connectivity index (χ2n) is 5.60.